The highest BCUT2D eigenvalue weighted by molar-refractivity contribution is 8.04. The molecule has 160 valence electrons. The molecule has 6 rings (SSSR count). The number of carbonyl (C=O) groups is 1. The van der Waals surface area contributed by atoms with Gasteiger partial charge in [0, 0.05) is 18.4 Å². The second-order valence-electron chi connectivity index (χ2n) is 7.79. The fraction of sp³-hybridized carbons (Fsp3) is 0.0769. The van der Waals surface area contributed by atoms with Gasteiger partial charge in [-0.05, 0) is 41.1 Å². The maximum Gasteiger partial charge on any atom is 0.284 e. The van der Waals surface area contributed by atoms with Crippen LogP contribution in [0.3, 0.4) is 0 Å². The molecule has 0 bridgehead atoms. The van der Waals surface area contributed by atoms with Crippen LogP contribution in [0.1, 0.15) is 5.56 Å². The number of amides is 1. The Morgan fingerprint density at radius 2 is 1.82 bits per heavy atom. The zero-order valence-corrected chi connectivity index (χ0v) is 18.5. The number of allylic oxidation sites excluding steroid dienone is 5. The van der Waals surface area contributed by atoms with Gasteiger partial charge < -0.3 is 8.98 Å². The number of hydrogen-bond acceptors (Lipinski definition) is 5. The van der Waals surface area contributed by atoms with Crippen LogP contribution in [0, 0.1) is 5.92 Å². The quantitative estimate of drug-likeness (QED) is 0.413. The summed E-state index contributed by atoms with van der Waals surface area (Å²) in [5.41, 5.74) is 3.47. The van der Waals surface area contributed by atoms with Crippen molar-refractivity contribution in [3.05, 3.63) is 95.4 Å². The molecule has 0 fully saturated rings. The number of hydrogen-bond donors (Lipinski definition) is 0. The predicted octanol–water partition coefficient (Wildman–Crippen LogP) is 5.46. The number of nitrogens with zero attached hydrogens (tertiary/aromatic N) is 4. The van der Waals surface area contributed by atoms with Crippen molar-refractivity contribution in [2.45, 2.75) is 5.16 Å². The van der Waals surface area contributed by atoms with Crippen molar-refractivity contribution in [3.63, 3.8) is 0 Å². The molecule has 1 aliphatic carbocycles. The van der Waals surface area contributed by atoms with Gasteiger partial charge in [0.05, 0.1) is 10.6 Å². The van der Waals surface area contributed by atoms with Crippen LogP contribution in [0.25, 0.3) is 28.1 Å². The molecule has 0 saturated carbocycles. The maximum atomic E-state index is 13.1. The van der Waals surface area contributed by atoms with Crippen molar-refractivity contribution < 1.29 is 9.21 Å². The Morgan fingerprint density at radius 3 is 2.67 bits per heavy atom. The van der Waals surface area contributed by atoms with Gasteiger partial charge in [-0.1, -0.05) is 66.8 Å². The normalized spacial score (nSPS) is 17.5. The lowest BCUT2D eigenvalue weighted by Crippen LogP contribution is -2.23. The van der Waals surface area contributed by atoms with Gasteiger partial charge in [0.25, 0.3) is 5.91 Å². The number of furan rings is 1. The third kappa shape index (κ3) is 3.37. The summed E-state index contributed by atoms with van der Waals surface area (Å²) in [6.07, 6.45) is 7.87. The number of rotatable bonds is 4. The zero-order chi connectivity index (χ0) is 22.4. The smallest absolute Gasteiger partial charge is 0.284 e. The molecule has 33 heavy (non-hydrogen) atoms. The highest BCUT2D eigenvalue weighted by Gasteiger charge is 2.32. The molecule has 1 amide bonds. The van der Waals surface area contributed by atoms with Crippen LogP contribution in [0.2, 0.25) is 0 Å². The highest BCUT2D eigenvalue weighted by atomic mass is 32.2. The molecule has 0 radical (unpaired) electrons. The minimum atomic E-state index is -0.265. The number of para-hydroxylation sites is 1. The molecule has 3 heterocycles. The van der Waals surface area contributed by atoms with E-state index in [1.807, 2.05) is 90.5 Å². The summed E-state index contributed by atoms with van der Waals surface area (Å²) in [4.78, 5) is 18.1. The lowest BCUT2D eigenvalue weighted by molar-refractivity contribution is -0.113. The van der Waals surface area contributed by atoms with E-state index >= 15 is 0 Å². The van der Waals surface area contributed by atoms with E-state index in [1.165, 1.54) is 11.8 Å². The number of dihydropyridines is 1. The molecular weight excluding hydrogens is 432 g/mol. The monoisotopic (exact) mass is 450 g/mol. The molecule has 0 spiro atoms. The van der Waals surface area contributed by atoms with Gasteiger partial charge in [-0.3, -0.25) is 4.79 Å². The Kier molecular flexibility index (Phi) is 4.69. The van der Waals surface area contributed by atoms with Crippen LogP contribution in [0.4, 0.5) is 0 Å². The summed E-state index contributed by atoms with van der Waals surface area (Å²) in [6, 6.07) is 19.7. The molecule has 0 N–H and O–H groups in total. The third-order valence-corrected chi connectivity index (χ3v) is 6.88. The fourth-order valence-electron chi connectivity index (χ4n) is 4.14. The molecule has 7 heteroatoms. The number of thioether (sulfide) groups is 1. The first kappa shape index (κ1) is 19.7. The summed E-state index contributed by atoms with van der Waals surface area (Å²) in [7, 11) is 1.87. The standard InChI is InChI=1S/C26H18N4O2S/c1-30-24(21-15-17-11-5-8-14-20(17)32-21)28-29-26(30)33-23-22(16-9-3-2-4-10-16)18-12-6-7-13-19(18)27-25(23)31/h2-15,18H,1H3. The molecule has 1 unspecified atom stereocenters. The Balaban J connectivity index is 1.43. The lowest BCUT2D eigenvalue weighted by atomic mass is 9.84. The van der Waals surface area contributed by atoms with Crippen LogP contribution in [-0.4, -0.2) is 26.4 Å². The van der Waals surface area contributed by atoms with E-state index in [4.69, 9.17) is 4.42 Å². The Morgan fingerprint density at radius 1 is 1.00 bits per heavy atom. The van der Waals surface area contributed by atoms with Gasteiger partial charge in [0.1, 0.15) is 5.58 Å². The lowest BCUT2D eigenvalue weighted by Gasteiger charge is -2.26. The van der Waals surface area contributed by atoms with Gasteiger partial charge in [-0.2, -0.15) is 0 Å². The third-order valence-electron chi connectivity index (χ3n) is 5.74. The van der Waals surface area contributed by atoms with Crippen molar-refractivity contribution >= 4 is 39.9 Å². The first-order chi connectivity index (χ1) is 16.2. The zero-order valence-electron chi connectivity index (χ0n) is 17.7. The molecule has 6 nitrogen and oxygen atoms in total. The molecule has 2 aliphatic rings. The van der Waals surface area contributed by atoms with E-state index in [9.17, 15) is 4.79 Å². The van der Waals surface area contributed by atoms with Crippen LogP contribution >= 0.6 is 11.8 Å². The topological polar surface area (TPSA) is 73.3 Å². The van der Waals surface area contributed by atoms with Gasteiger partial charge in [-0.15, -0.1) is 10.2 Å². The average Bonchev–Trinajstić information content (AvgIpc) is 3.43. The summed E-state index contributed by atoms with van der Waals surface area (Å²) in [6.45, 7) is 0. The second-order valence-corrected chi connectivity index (χ2v) is 8.77. The minimum Gasteiger partial charge on any atom is -0.453 e. The van der Waals surface area contributed by atoms with Gasteiger partial charge >= 0.3 is 0 Å². The minimum absolute atomic E-state index is 0.0827. The fourth-order valence-corrected chi connectivity index (χ4v) is 5.11. The first-order valence-electron chi connectivity index (χ1n) is 10.5. The van der Waals surface area contributed by atoms with Crippen molar-refractivity contribution in [2.75, 3.05) is 0 Å². The number of benzene rings is 2. The largest absolute Gasteiger partial charge is 0.453 e. The van der Waals surface area contributed by atoms with E-state index in [2.05, 4.69) is 21.3 Å². The van der Waals surface area contributed by atoms with Crippen LogP contribution in [0.5, 0.6) is 0 Å². The van der Waals surface area contributed by atoms with Crippen LogP contribution < -0.4 is 0 Å². The molecule has 1 aliphatic heterocycles. The summed E-state index contributed by atoms with van der Waals surface area (Å²) in [5.74, 6) is 0.883. The number of fused-ring (bicyclic) bond motifs is 2. The SMILES string of the molecule is Cn1c(SC2=C(c3ccccc3)C3C=CC=CC3=NC2=O)nnc1-c1cc2ccccc2o1. The molecule has 2 aromatic heterocycles. The highest BCUT2D eigenvalue weighted by Crippen LogP contribution is 2.42. The average molecular weight is 451 g/mol. The number of aromatic nitrogens is 3. The van der Waals surface area contributed by atoms with E-state index in [0.717, 1.165) is 27.8 Å². The van der Waals surface area contributed by atoms with Gasteiger partial charge in [0.15, 0.2) is 16.7 Å². The number of carbonyl (C=O) groups excluding carboxylic acids is 1. The Bertz CT molecular complexity index is 1490. The van der Waals surface area contributed by atoms with E-state index in [-0.39, 0.29) is 11.8 Å². The van der Waals surface area contributed by atoms with E-state index in [1.54, 1.807) is 0 Å². The molecule has 4 aromatic rings. The van der Waals surface area contributed by atoms with Crippen molar-refractivity contribution in [1.29, 1.82) is 0 Å². The van der Waals surface area contributed by atoms with Gasteiger partial charge in [-0.25, -0.2) is 4.99 Å². The predicted molar refractivity (Wildman–Crippen MR) is 130 cm³/mol. The Labute approximate surface area is 194 Å². The van der Waals surface area contributed by atoms with E-state index in [0.29, 0.717) is 21.6 Å². The van der Waals surface area contributed by atoms with Gasteiger partial charge in [0.2, 0.25) is 0 Å². The summed E-state index contributed by atoms with van der Waals surface area (Å²) < 4.78 is 7.82. The van der Waals surface area contributed by atoms with Crippen molar-refractivity contribution in [3.8, 4) is 11.6 Å². The molecular formula is C26H18N4O2S. The van der Waals surface area contributed by atoms with Crippen LogP contribution in [-0.2, 0) is 11.8 Å². The Hall–Kier alpha value is -3.97. The molecule has 2 aromatic carbocycles. The van der Waals surface area contributed by atoms with Crippen molar-refractivity contribution in [2.24, 2.45) is 18.0 Å². The molecule has 1 atom stereocenters. The summed E-state index contributed by atoms with van der Waals surface area (Å²) >= 11 is 1.29. The first-order valence-corrected chi connectivity index (χ1v) is 11.3. The molecule has 0 saturated heterocycles. The second kappa shape index (κ2) is 7.86. The van der Waals surface area contributed by atoms with Crippen molar-refractivity contribution in [1.82, 2.24) is 14.8 Å². The summed E-state index contributed by atoms with van der Waals surface area (Å²) in [5, 5.41) is 10.3. The van der Waals surface area contributed by atoms with Crippen LogP contribution in [0.15, 0.2) is 104 Å². The maximum absolute atomic E-state index is 13.1. The number of aliphatic imine (C=N–C) groups is 1. The van der Waals surface area contributed by atoms with E-state index < -0.39 is 0 Å².